The second-order valence-corrected chi connectivity index (χ2v) is 7.85. The Morgan fingerprint density at radius 3 is 2.33 bits per heavy atom. The van der Waals surface area contributed by atoms with Crippen molar-refractivity contribution in [2.75, 3.05) is 17.8 Å². The average molecular weight is 412 g/mol. The number of halogens is 1. The number of carbonyl (C=O) groups excluding carboxylic acids is 1. The Kier molecular flexibility index (Phi) is 8.75. The van der Waals surface area contributed by atoms with Crippen LogP contribution in [0.4, 0.5) is 5.69 Å². The first-order chi connectivity index (χ1) is 12.3. The number of aryl methyl sites for hydroxylation is 2. The number of amides is 1. The third-order valence-electron chi connectivity index (χ3n) is 3.95. The van der Waals surface area contributed by atoms with Gasteiger partial charge in [-0.05, 0) is 74.7 Å². The van der Waals surface area contributed by atoms with E-state index in [2.05, 4.69) is 10.0 Å². The zero-order valence-corrected chi connectivity index (χ0v) is 17.1. The normalized spacial score (nSPS) is 10.8. The predicted molar refractivity (Wildman–Crippen MR) is 111 cm³/mol. The highest BCUT2D eigenvalue weighted by Crippen LogP contribution is 2.21. The quantitative estimate of drug-likeness (QED) is 0.581. The second kappa shape index (κ2) is 10.3. The number of rotatable bonds is 8. The minimum Gasteiger partial charge on any atom is -0.352 e. The molecule has 27 heavy (non-hydrogen) atoms. The number of nitrogens with one attached hydrogen (secondary N) is 2. The Labute approximate surface area is 167 Å². The molecule has 2 aromatic rings. The van der Waals surface area contributed by atoms with Gasteiger partial charge in [-0.1, -0.05) is 12.1 Å². The van der Waals surface area contributed by atoms with E-state index >= 15 is 0 Å². The molecule has 0 atom stereocenters. The van der Waals surface area contributed by atoms with E-state index in [0.29, 0.717) is 29.9 Å². The van der Waals surface area contributed by atoms with Crippen LogP contribution in [0.5, 0.6) is 0 Å². The summed E-state index contributed by atoms with van der Waals surface area (Å²) in [6, 6.07) is 11.6. The summed E-state index contributed by atoms with van der Waals surface area (Å²) >= 11 is 0. The summed E-state index contributed by atoms with van der Waals surface area (Å²) in [4.78, 5) is 12.3. The summed E-state index contributed by atoms with van der Waals surface area (Å²) in [5, 5.41) is 2.81. The molecule has 8 heteroatoms. The van der Waals surface area contributed by atoms with Crippen LogP contribution in [0.1, 0.15) is 34.3 Å². The van der Waals surface area contributed by atoms with Crippen molar-refractivity contribution in [3.05, 3.63) is 59.2 Å². The molecule has 4 N–H and O–H groups in total. The molecule has 2 aromatic carbocycles. The van der Waals surface area contributed by atoms with Crippen molar-refractivity contribution in [3.63, 3.8) is 0 Å². The number of nitrogens with two attached hydrogens (primary N) is 1. The summed E-state index contributed by atoms with van der Waals surface area (Å²) in [5.41, 5.74) is 7.85. The zero-order chi connectivity index (χ0) is 19.2. The maximum absolute atomic E-state index is 12.6. The lowest BCUT2D eigenvalue weighted by atomic mass is 10.2. The van der Waals surface area contributed by atoms with Gasteiger partial charge in [-0.15, -0.1) is 12.4 Å². The number of hydrogen-bond acceptors (Lipinski definition) is 4. The molecule has 148 valence electrons. The molecule has 0 aliphatic carbocycles. The molecular formula is C19H26ClN3O3S. The van der Waals surface area contributed by atoms with E-state index in [1.807, 2.05) is 13.0 Å². The van der Waals surface area contributed by atoms with Crippen LogP contribution in [-0.4, -0.2) is 27.4 Å². The van der Waals surface area contributed by atoms with Crippen molar-refractivity contribution in [1.82, 2.24) is 5.32 Å². The van der Waals surface area contributed by atoms with E-state index in [9.17, 15) is 13.2 Å². The first kappa shape index (κ1) is 23.0. The van der Waals surface area contributed by atoms with Gasteiger partial charge >= 0.3 is 0 Å². The van der Waals surface area contributed by atoms with Crippen LogP contribution in [0.25, 0.3) is 0 Å². The lowest BCUT2D eigenvalue weighted by Gasteiger charge is -2.12. The Balaban J connectivity index is 0.00000364. The van der Waals surface area contributed by atoms with Crippen molar-refractivity contribution in [1.29, 1.82) is 0 Å². The average Bonchev–Trinajstić information content (AvgIpc) is 2.61. The van der Waals surface area contributed by atoms with Crippen molar-refractivity contribution in [2.45, 2.75) is 31.6 Å². The van der Waals surface area contributed by atoms with Crippen molar-refractivity contribution < 1.29 is 13.2 Å². The van der Waals surface area contributed by atoms with Crippen LogP contribution in [0.15, 0.2) is 47.4 Å². The highest BCUT2D eigenvalue weighted by Gasteiger charge is 2.17. The van der Waals surface area contributed by atoms with Gasteiger partial charge in [-0.2, -0.15) is 0 Å². The van der Waals surface area contributed by atoms with E-state index in [1.54, 1.807) is 43.3 Å². The standard InChI is InChI=1S/C19H25N3O3S.ClH/c1-14-5-6-15(2)18(13-14)26(24,25)22-17-9-7-16(8-10-17)19(23)21-12-4-3-11-20;/h5-10,13,22H,3-4,11-12,20H2,1-2H3,(H,21,23);1H. The predicted octanol–water partition coefficient (Wildman–Crippen LogP) is 2.99. The van der Waals surface area contributed by atoms with Crippen molar-refractivity contribution >= 4 is 34.0 Å². The third kappa shape index (κ3) is 6.53. The van der Waals surface area contributed by atoms with E-state index < -0.39 is 10.0 Å². The molecule has 0 fully saturated rings. The molecule has 0 saturated carbocycles. The third-order valence-corrected chi connectivity index (χ3v) is 5.47. The molecule has 0 bridgehead atoms. The Hall–Kier alpha value is -2.09. The molecule has 0 aliphatic heterocycles. The van der Waals surface area contributed by atoms with Crippen LogP contribution in [0, 0.1) is 13.8 Å². The SMILES string of the molecule is Cc1ccc(C)c(S(=O)(=O)Nc2ccc(C(=O)NCCCCN)cc2)c1.Cl. The van der Waals surface area contributed by atoms with Gasteiger partial charge in [0.05, 0.1) is 4.90 Å². The molecular weight excluding hydrogens is 386 g/mol. The Bertz CT molecular complexity index is 868. The molecule has 6 nitrogen and oxygen atoms in total. The van der Waals surface area contributed by atoms with Gasteiger partial charge < -0.3 is 11.1 Å². The van der Waals surface area contributed by atoms with Crippen LogP contribution < -0.4 is 15.8 Å². The van der Waals surface area contributed by atoms with Gasteiger partial charge in [0.15, 0.2) is 0 Å². The van der Waals surface area contributed by atoms with E-state index in [-0.39, 0.29) is 23.2 Å². The molecule has 0 saturated heterocycles. The van der Waals surface area contributed by atoms with Crippen molar-refractivity contribution in [2.24, 2.45) is 5.73 Å². The highest BCUT2D eigenvalue weighted by molar-refractivity contribution is 7.92. The minimum atomic E-state index is -3.68. The van der Waals surface area contributed by atoms with Gasteiger partial charge in [0.2, 0.25) is 0 Å². The van der Waals surface area contributed by atoms with Crippen LogP contribution in [-0.2, 0) is 10.0 Å². The fourth-order valence-electron chi connectivity index (χ4n) is 2.47. The van der Waals surface area contributed by atoms with Gasteiger partial charge in [-0.3, -0.25) is 9.52 Å². The lowest BCUT2D eigenvalue weighted by molar-refractivity contribution is 0.0953. The van der Waals surface area contributed by atoms with Crippen molar-refractivity contribution in [3.8, 4) is 0 Å². The fourth-order valence-corrected chi connectivity index (χ4v) is 3.86. The summed E-state index contributed by atoms with van der Waals surface area (Å²) in [5.74, 6) is -0.189. The first-order valence-corrected chi connectivity index (χ1v) is 10.0. The largest absolute Gasteiger partial charge is 0.352 e. The number of hydrogen-bond donors (Lipinski definition) is 3. The number of carbonyl (C=O) groups is 1. The molecule has 0 aromatic heterocycles. The number of unbranched alkanes of at least 4 members (excludes halogenated alkanes) is 1. The molecule has 0 aliphatic rings. The Morgan fingerprint density at radius 2 is 1.70 bits per heavy atom. The van der Waals surface area contributed by atoms with Crippen LogP contribution in [0.3, 0.4) is 0 Å². The van der Waals surface area contributed by atoms with Gasteiger partial charge in [0.25, 0.3) is 15.9 Å². The molecule has 0 radical (unpaired) electrons. The molecule has 2 rings (SSSR count). The summed E-state index contributed by atoms with van der Waals surface area (Å²) in [7, 11) is -3.68. The minimum absolute atomic E-state index is 0. The molecule has 1 amide bonds. The number of anilines is 1. The molecule has 0 unspecified atom stereocenters. The van der Waals surface area contributed by atoms with Gasteiger partial charge in [0, 0.05) is 17.8 Å². The maximum Gasteiger partial charge on any atom is 0.262 e. The zero-order valence-electron chi connectivity index (χ0n) is 15.5. The second-order valence-electron chi connectivity index (χ2n) is 6.20. The number of benzene rings is 2. The van der Waals surface area contributed by atoms with E-state index in [1.165, 1.54) is 0 Å². The first-order valence-electron chi connectivity index (χ1n) is 8.52. The van der Waals surface area contributed by atoms with Crippen LogP contribution in [0.2, 0.25) is 0 Å². The number of sulfonamides is 1. The Morgan fingerprint density at radius 1 is 1.04 bits per heavy atom. The smallest absolute Gasteiger partial charge is 0.262 e. The van der Waals surface area contributed by atoms with Gasteiger partial charge in [-0.25, -0.2) is 8.42 Å². The summed E-state index contributed by atoms with van der Waals surface area (Å²) in [6.07, 6.45) is 1.69. The maximum atomic E-state index is 12.6. The van der Waals surface area contributed by atoms with Gasteiger partial charge in [0.1, 0.15) is 0 Å². The monoisotopic (exact) mass is 411 g/mol. The molecule has 0 spiro atoms. The highest BCUT2D eigenvalue weighted by atomic mass is 35.5. The lowest BCUT2D eigenvalue weighted by Crippen LogP contribution is -2.24. The topological polar surface area (TPSA) is 101 Å². The summed E-state index contributed by atoms with van der Waals surface area (Å²) in [6.45, 7) is 4.77. The van der Waals surface area contributed by atoms with Crippen LogP contribution >= 0.6 is 12.4 Å². The summed E-state index contributed by atoms with van der Waals surface area (Å²) < 4.78 is 27.7. The van der Waals surface area contributed by atoms with E-state index in [0.717, 1.165) is 18.4 Å². The fraction of sp³-hybridized carbons (Fsp3) is 0.316. The molecule has 0 heterocycles. The van der Waals surface area contributed by atoms with E-state index in [4.69, 9.17) is 5.73 Å².